The van der Waals surface area contributed by atoms with E-state index >= 15 is 0 Å². The van der Waals surface area contributed by atoms with Crippen LogP contribution in [0.25, 0.3) is 11.5 Å². The number of nitrogens with one attached hydrogen (secondary N) is 2. The fraction of sp³-hybridized carbons (Fsp3) is 0.571. The summed E-state index contributed by atoms with van der Waals surface area (Å²) >= 11 is 1.40. The van der Waals surface area contributed by atoms with Crippen LogP contribution in [-0.4, -0.2) is 51.7 Å². The summed E-state index contributed by atoms with van der Waals surface area (Å²) in [5.74, 6) is 1.63. The molecule has 39 heavy (non-hydrogen) atoms. The van der Waals surface area contributed by atoms with E-state index in [9.17, 15) is 9.59 Å². The number of amides is 2. The van der Waals surface area contributed by atoms with E-state index in [1.54, 1.807) is 13.1 Å². The van der Waals surface area contributed by atoms with Crippen molar-refractivity contribution in [3.05, 3.63) is 36.6 Å². The van der Waals surface area contributed by atoms with Crippen molar-refractivity contribution in [1.29, 1.82) is 0 Å². The van der Waals surface area contributed by atoms with Crippen LogP contribution in [0, 0.1) is 0 Å². The van der Waals surface area contributed by atoms with Gasteiger partial charge in [-0.3, -0.25) is 4.79 Å². The zero-order valence-corrected chi connectivity index (χ0v) is 24.9. The highest BCUT2D eigenvalue weighted by molar-refractivity contribution is 7.99. The molecule has 1 aromatic heterocycles. The van der Waals surface area contributed by atoms with Crippen LogP contribution in [0.15, 0.2) is 40.0 Å². The summed E-state index contributed by atoms with van der Waals surface area (Å²) in [4.78, 5) is 25.9. The minimum atomic E-state index is -0.580. The van der Waals surface area contributed by atoms with E-state index in [0.717, 1.165) is 37.0 Å². The first-order valence-electron chi connectivity index (χ1n) is 13.1. The summed E-state index contributed by atoms with van der Waals surface area (Å²) in [7, 11) is 1.67. The Hall–Kier alpha value is -3.21. The fourth-order valence-corrected chi connectivity index (χ4v) is 5.14. The number of anilines is 1. The topological polar surface area (TPSA) is 119 Å². The van der Waals surface area contributed by atoms with Crippen LogP contribution >= 0.6 is 11.8 Å². The van der Waals surface area contributed by atoms with E-state index in [2.05, 4.69) is 27.4 Å². The van der Waals surface area contributed by atoms with Crippen molar-refractivity contribution in [3.8, 4) is 11.5 Å². The molecule has 0 saturated heterocycles. The number of hydrogen-bond donors (Lipinski definition) is 2. The molecule has 0 atom stereocenters. The van der Waals surface area contributed by atoms with E-state index in [-0.39, 0.29) is 5.60 Å². The van der Waals surface area contributed by atoms with Gasteiger partial charge in [0, 0.05) is 17.5 Å². The van der Waals surface area contributed by atoms with Gasteiger partial charge in [0.15, 0.2) is 5.88 Å². The third-order valence-corrected chi connectivity index (χ3v) is 7.09. The van der Waals surface area contributed by atoms with Gasteiger partial charge in [-0.2, -0.15) is 0 Å². The molecule has 1 fully saturated rings. The highest BCUT2D eigenvalue weighted by Crippen LogP contribution is 2.39. The zero-order valence-electron chi connectivity index (χ0n) is 24.1. The molecular formula is C28H41N5O5S. The van der Waals surface area contributed by atoms with Gasteiger partial charge < -0.3 is 29.4 Å². The number of rotatable bonds is 10. The van der Waals surface area contributed by atoms with Gasteiger partial charge >= 0.3 is 6.09 Å². The summed E-state index contributed by atoms with van der Waals surface area (Å²) in [6.07, 6.45) is 5.01. The highest BCUT2D eigenvalue weighted by Gasteiger charge is 2.40. The van der Waals surface area contributed by atoms with Gasteiger partial charge in [0.1, 0.15) is 16.7 Å². The standard InChI is InChI=1S/C28H41N5O5S/c1-19(37-26(2,3)4)30-28(14-10-9-11-15-28)24-32-31-23(36-24)20-12-13-22(21(16-20)29-17-34)39-18-33(8)25(35)38-27(5,6)7/h12-13,16-17,30H,1,9-11,14-15,18H2,2-8H3,(H,29,34). The lowest BCUT2D eigenvalue weighted by atomic mass is 9.81. The summed E-state index contributed by atoms with van der Waals surface area (Å²) in [6, 6.07) is 5.49. The summed E-state index contributed by atoms with van der Waals surface area (Å²) in [5, 5.41) is 14.9. The minimum Gasteiger partial charge on any atom is -0.474 e. The molecule has 0 bridgehead atoms. The van der Waals surface area contributed by atoms with Crippen LogP contribution in [0.4, 0.5) is 10.5 Å². The molecule has 0 spiro atoms. The van der Waals surface area contributed by atoms with Crippen molar-refractivity contribution < 1.29 is 23.5 Å². The fourth-order valence-electron chi connectivity index (χ4n) is 4.27. The molecule has 1 heterocycles. The highest BCUT2D eigenvalue weighted by atomic mass is 32.2. The van der Waals surface area contributed by atoms with Crippen molar-refractivity contribution in [1.82, 2.24) is 20.4 Å². The predicted octanol–water partition coefficient (Wildman–Crippen LogP) is 6.26. The lowest BCUT2D eigenvalue weighted by molar-refractivity contribution is -0.105. The van der Waals surface area contributed by atoms with E-state index in [1.165, 1.54) is 16.7 Å². The van der Waals surface area contributed by atoms with E-state index in [4.69, 9.17) is 13.9 Å². The maximum Gasteiger partial charge on any atom is 0.410 e. The molecule has 2 aromatic rings. The summed E-state index contributed by atoms with van der Waals surface area (Å²) in [5.41, 5.74) is -0.286. The molecule has 3 rings (SSSR count). The second-order valence-corrected chi connectivity index (χ2v) is 12.7. The Labute approximate surface area is 235 Å². The van der Waals surface area contributed by atoms with Gasteiger partial charge in [-0.15, -0.1) is 22.0 Å². The van der Waals surface area contributed by atoms with E-state index in [1.807, 2.05) is 53.7 Å². The Morgan fingerprint density at radius 1 is 1.13 bits per heavy atom. The number of hydrogen-bond acceptors (Lipinski definition) is 9. The number of aromatic nitrogens is 2. The maximum atomic E-state index is 12.3. The predicted molar refractivity (Wildman–Crippen MR) is 152 cm³/mol. The van der Waals surface area contributed by atoms with Gasteiger partial charge in [-0.25, -0.2) is 4.79 Å². The number of carbonyl (C=O) groups is 2. The van der Waals surface area contributed by atoms with Crippen molar-refractivity contribution in [2.75, 3.05) is 18.2 Å². The quantitative estimate of drug-likeness (QED) is 0.150. The lowest BCUT2D eigenvalue weighted by Crippen LogP contribution is -2.45. The molecular weight excluding hydrogens is 518 g/mol. The van der Waals surface area contributed by atoms with Gasteiger partial charge in [-0.1, -0.05) is 19.3 Å². The smallest absolute Gasteiger partial charge is 0.410 e. The summed E-state index contributed by atoms with van der Waals surface area (Å²) in [6.45, 7) is 15.5. The number of benzene rings is 1. The molecule has 2 N–H and O–H groups in total. The third-order valence-electron chi connectivity index (χ3n) is 5.91. The van der Waals surface area contributed by atoms with Crippen molar-refractivity contribution in [2.24, 2.45) is 0 Å². The molecule has 1 aliphatic rings. The number of thioether (sulfide) groups is 1. The van der Waals surface area contributed by atoms with Crippen molar-refractivity contribution in [2.45, 2.75) is 95.3 Å². The Morgan fingerprint density at radius 2 is 1.79 bits per heavy atom. The first kappa shape index (κ1) is 30.3. The SMILES string of the molecule is C=C(NC1(c2nnc(-c3ccc(SCN(C)C(=O)OC(C)(C)C)c(NC=O)c3)o2)CCCCC1)OC(C)(C)C. The average molecular weight is 560 g/mol. The molecule has 0 aliphatic heterocycles. The molecule has 11 heteroatoms. The van der Waals surface area contributed by atoms with Gasteiger partial charge in [0.05, 0.1) is 11.6 Å². The Bertz CT molecular complexity index is 1160. The monoisotopic (exact) mass is 559 g/mol. The van der Waals surface area contributed by atoms with Crippen LogP contribution in [-0.2, 0) is 19.8 Å². The van der Waals surface area contributed by atoms with Gasteiger partial charge in [0.2, 0.25) is 18.2 Å². The zero-order chi connectivity index (χ0) is 28.8. The molecule has 1 aliphatic carbocycles. The minimum absolute atomic E-state index is 0.335. The third kappa shape index (κ3) is 8.64. The first-order chi connectivity index (χ1) is 18.2. The molecule has 1 saturated carbocycles. The van der Waals surface area contributed by atoms with Crippen molar-refractivity contribution >= 4 is 30.0 Å². The Balaban J connectivity index is 1.80. The molecule has 0 radical (unpaired) electrons. The second kappa shape index (κ2) is 12.3. The van der Waals surface area contributed by atoms with E-state index in [0.29, 0.717) is 41.2 Å². The molecule has 214 valence electrons. The Morgan fingerprint density at radius 3 is 2.41 bits per heavy atom. The number of carbonyl (C=O) groups excluding carboxylic acids is 2. The average Bonchev–Trinajstić information content (AvgIpc) is 3.32. The number of nitrogens with zero attached hydrogens (tertiary/aromatic N) is 3. The van der Waals surface area contributed by atoms with E-state index < -0.39 is 17.2 Å². The molecule has 1 aromatic carbocycles. The number of ether oxygens (including phenoxy) is 2. The normalized spacial score (nSPS) is 15.3. The van der Waals surface area contributed by atoms with Crippen molar-refractivity contribution in [3.63, 3.8) is 0 Å². The largest absolute Gasteiger partial charge is 0.474 e. The van der Waals surface area contributed by atoms with Crippen LogP contribution in [0.2, 0.25) is 0 Å². The second-order valence-electron chi connectivity index (χ2n) is 11.7. The van der Waals surface area contributed by atoms with Gasteiger partial charge in [0.25, 0.3) is 0 Å². The first-order valence-corrected chi connectivity index (χ1v) is 14.1. The maximum absolute atomic E-state index is 12.3. The van der Waals surface area contributed by atoms with Crippen LogP contribution in [0.3, 0.4) is 0 Å². The molecule has 10 nitrogen and oxygen atoms in total. The van der Waals surface area contributed by atoms with Crippen LogP contribution in [0.5, 0.6) is 0 Å². The molecule has 2 amide bonds. The summed E-state index contributed by atoms with van der Waals surface area (Å²) < 4.78 is 17.6. The Kier molecular flexibility index (Phi) is 9.58. The van der Waals surface area contributed by atoms with Crippen LogP contribution < -0.4 is 10.6 Å². The molecule has 0 unspecified atom stereocenters. The van der Waals surface area contributed by atoms with Gasteiger partial charge in [-0.05, 0) is 79.2 Å². The lowest BCUT2D eigenvalue weighted by Gasteiger charge is -2.37. The van der Waals surface area contributed by atoms with Crippen LogP contribution in [0.1, 0.15) is 79.5 Å².